The highest BCUT2D eigenvalue weighted by molar-refractivity contribution is 5.32. The molecule has 0 heterocycles. The fourth-order valence-corrected chi connectivity index (χ4v) is 2.24. The molecule has 0 bridgehead atoms. The third kappa shape index (κ3) is 4.49. The molecule has 0 aromatic heterocycles. The van der Waals surface area contributed by atoms with Gasteiger partial charge in [0.25, 0.3) is 0 Å². The molecule has 2 nitrogen and oxygen atoms in total. The van der Waals surface area contributed by atoms with Crippen molar-refractivity contribution in [2.75, 3.05) is 0 Å². The summed E-state index contributed by atoms with van der Waals surface area (Å²) < 4.78 is 0. The molecule has 1 rings (SSSR count). The Bertz CT molecular complexity index is 334. The van der Waals surface area contributed by atoms with Gasteiger partial charge >= 0.3 is 0 Å². The maximum absolute atomic E-state index is 5.69. The largest absolute Gasteiger partial charge is 0.271 e. The Morgan fingerprint density at radius 1 is 1.18 bits per heavy atom. The van der Waals surface area contributed by atoms with Crippen LogP contribution in [0.2, 0.25) is 0 Å². The summed E-state index contributed by atoms with van der Waals surface area (Å²) in [5.41, 5.74) is 6.95. The first-order chi connectivity index (χ1) is 8.19. The van der Waals surface area contributed by atoms with Gasteiger partial charge in [0.15, 0.2) is 0 Å². The Labute approximate surface area is 106 Å². The molecule has 0 aliphatic carbocycles. The van der Waals surface area contributed by atoms with Gasteiger partial charge in [0, 0.05) is 6.04 Å². The third-order valence-corrected chi connectivity index (χ3v) is 3.36. The predicted molar refractivity (Wildman–Crippen MR) is 74.7 cm³/mol. The Kier molecular flexibility index (Phi) is 6.23. The van der Waals surface area contributed by atoms with E-state index in [0.717, 1.165) is 6.42 Å². The molecule has 96 valence electrons. The molecule has 0 radical (unpaired) electrons. The number of hydrogen-bond donors (Lipinski definition) is 2. The quantitative estimate of drug-likeness (QED) is 0.428. The number of aryl methyl sites for hydroxylation is 2. The van der Waals surface area contributed by atoms with Crippen LogP contribution in [-0.2, 0) is 0 Å². The fraction of sp³-hybridized carbons (Fsp3) is 0.600. The average molecular weight is 234 g/mol. The molecule has 0 fully saturated rings. The second-order valence-electron chi connectivity index (χ2n) is 4.93. The van der Waals surface area contributed by atoms with E-state index in [1.807, 2.05) is 0 Å². The summed E-state index contributed by atoms with van der Waals surface area (Å²) >= 11 is 0. The molecule has 2 heteroatoms. The van der Waals surface area contributed by atoms with E-state index in [1.54, 1.807) is 0 Å². The number of nitrogens with one attached hydrogen (secondary N) is 1. The molecule has 0 aliphatic rings. The van der Waals surface area contributed by atoms with Gasteiger partial charge in [0.05, 0.1) is 0 Å². The Morgan fingerprint density at radius 3 is 2.59 bits per heavy atom. The monoisotopic (exact) mass is 234 g/mol. The molecule has 3 N–H and O–H groups in total. The predicted octanol–water partition coefficient (Wildman–Crippen LogP) is 3.78. The minimum absolute atomic E-state index is 0.298. The Morgan fingerprint density at radius 2 is 1.94 bits per heavy atom. The van der Waals surface area contributed by atoms with E-state index in [0.29, 0.717) is 6.04 Å². The van der Waals surface area contributed by atoms with Crippen LogP contribution in [0.1, 0.15) is 61.8 Å². The van der Waals surface area contributed by atoms with E-state index < -0.39 is 0 Å². The van der Waals surface area contributed by atoms with E-state index in [4.69, 9.17) is 5.84 Å². The normalized spacial score (nSPS) is 12.7. The lowest BCUT2D eigenvalue weighted by atomic mass is 9.95. The van der Waals surface area contributed by atoms with Gasteiger partial charge in [-0.1, -0.05) is 56.4 Å². The van der Waals surface area contributed by atoms with Gasteiger partial charge in [-0.2, -0.15) is 0 Å². The molecule has 17 heavy (non-hydrogen) atoms. The zero-order valence-electron chi connectivity index (χ0n) is 11.4. The van der Waals surface area contributed by atoms with Crippen LogP contribution < -0.4 is 11.3 Å². The molecule has 1 aromatic rings. The first kappa shape index (κ1) is 14.2. The molecule has 0 amide bonds. The molecule has 0 saturated heterocycles. The first-order valence-corrected chi connectivity index (χ1v) is 6.72. The molecule has 0 spiro atoms. The molecule has 1 aromatic carbocycles. The Hall–Kier alpha value is -0.860. The highest BCUT2D eigenvalue weighted by Crippen LogP contribution is 2.23. The van der Waals surface area contributed by atoms with Crippen molar-refractivity contribution in [2.45, 2.75) is 58.9 Å². The van der Waals surface area contributed by atoms with Crippen molar-refractivity contribution in [3.8, 4) is 0 Å². The van der Waals surface area contributed by atoms with Crippen molar-refractivity contribution in [3.63, 3.8) is 0 Å². The maximum atomic E-state index is 5.69. The van der Waals surface area contributed by atoms with Crippen LogP contribution in [0.4, 0.5) is 0 Å². The maximum Gasteiger partial charge on any atom is 0.0462 e. The average Bonchev–Trinajstić information content (AvgIpc) is 2.33. The van der Waals surface area contributed by atoms with Gasteiger partial charge in [0.1, 0.15) is 0 Å². The number of unbranched alkanes of at least 4 members (excludes halogenated alkanes) is 3. The van der Waals surface area contributed by atoms with Gasteiger partial charge in [-0.15, -0.1) is 0 Å². The van der Waals surface area contributed by atoms with Gasteiger partial charge in [-0.25, -0.2) is 0 Å². The SMILES string of the molecule is CCCCCCC(NN)c1cc(C)ccc1C. The fourth-order valence-electron chi connectivity index (χ4n) is 2.24. The second-order valence-corrected chi connectivity index (χ2v) is 4.93. The first-order valence-electron chi connectivity index (χ1n) is 6.72. The van der Waals surface area contributed by atoms with E-state index >= 15 is 0 Å². The van der Waals surface area contributed by atoms with Gasteiger partial charge < -0.3 is 0 Å². The van der Waals surface area contributed by atoms with Crippen LogP contribution >= 0.6 is 0 Å². The van der Waals surface area contributed by atoms with Crippen LogP contribution in [0, 0.1) is 13.8 Å². The lowest BCUT2D eigenvalue weighted by molar-refractivity contribution is 0.480. The zero-order valence-corrected chi connectivity index (χ0v) is 11.4. The van der Waals surface area contributed by atoms with Crippen LogP contribution in [-0.4, -0.2) is 0 Å². The molecule has 1 unspecified atom stereocenters. The summed E-state index contributed by atoms with van der Waals surface area (Å²) in [5.74, 6) is 5.69. The summed E-state index contributed by atoms with van der Waals surface area (Å²) in [6.07, 6.45) is 6.28. The van der Waals surface area contributed by atoms with Gasteiger partial charge in [-0.3, -0.25) is 11.3 Å². The van der Waals surface area contributed by atoms with E-state index in [1.165, 1.54) is 42.4 Å². The number of hydrogen-bond acceptors (Lipinski definition) is 2. The van der Waals surface area contributed by atoms with Crippen LogP contribution in [0.25, 0.3) is 0 Å². The summed E-state index contributed by atoms with van der Waals surface area (Å²) in [4.78, 5) is 0. The lowest BCUT2D eigenvalue weighted by Crippen LogP contribution is -2.28. The minimum atomic E-state index is 0.298. The van der Waals surface area contributed by atoms with Crippen molar-refractivity contribution in [1.82, 2.24) is 5.43 Å². The van der Waals surface area contributed by atoms with Crippen molar-refractivity contribution in [1.29, 1.82) is 0 Å². The topological polar surface area (TPSA) is 38.0 Å². The Balaban J connectivity index is 2.62. The summed E-state index contributed by atoms with van der Waals surface area (Å²) in [7, 11) is 0. The van der Waals surface area contributed by atoms with Crippen molar-refractivity contribution < 1.29 is 0 Å². The number of benzene rings is 1. The smallest absolute Gasteiger partial charge is 0.0462 e. The van der Waals surface area contributed by atoms with Crippen LogP contribution in [0.3, 0.4) is 0 Å². The van der Waals surface area contributed by atoms with Gasteiger partial charge in [-0.05, 0) is 31.4 Å². The van der Waals surface area contributed by atoms with E-state index in [-0.39, 0.29) is 0 Å². The number of rotatable bonds is 7. The lowest BCUT2D eigenvalue weighted by Gasteiger charge is -2.19. The molecular formula is C15H26N2. The van der Waals surface area contributed by atoms with Crippen molar-refractivity contribution in [2.24, 2.45) is 5.84 Å². The number of nitrogens with two attached hydrogens (primary N) is 1. The number of hydrazine groups is 1. The standard InChI is InChI=1S/C15H26N2/c1-4-5-6-7-8-15(17-16)14-11-12(2)9-10-13(14)3/h9-11,15,17H,4-8,16H2,1-3H3. The highest BCUT2D eigenvalue weighted by Gasteiger charge is 2.11. The summed E-state index contributed by atoms with van der Waals surface area (Å²) in [6, 6.07) is 6.89. The van der Waals surface area contributed by atoms with Crippen LogP contribution in [0.15, 0.2) is 18.2 Å². The summed E-state index contributed by atoms with van der Waals surface area (Å²) in [6.45, 7) is 6.53. The second kappa shape index (κ2) is 7.46. The molecule has 0 aliphatic heterocycles. The van der Waals surface area contributed by atoms with Crippen molar-refractivity contribution in [3.05, 3.63) is 34.9 Å². The van der Waals surface area contributed by atoms with E-state index in [9.17, 15) is 0 Å². The zero-order chi connectivity index (χ0) is 12.7. The molecule has 0 saturated carbocycles. The highest BCUT2D eigenvalue weighted by atomic mass is 15.2. The summed E-state index contributed by atoms with van der Waals surface area (Å²) in [5, 5.41) is 0. The van der Waals surface area contributed by atoms with Crippen molar-refractivity contribution >= 4 is 0 Å². The molecule has 1 atom stereocenters. The van der Waals surface area contributed by atoms with E-state index in [2.05, 4.69) is 44.4 Å². The molecular weight excluding hydrogens is 208 g/mol. The van der Waals surface area contributed by atoms with Gasteiger partial charge in [0.2, 0.25) is 0 Å². The van der Waals surface area contributed by atoms with Crippen LogP contribution in [0.5, 0.6) is 0 Å². The third-order valence-electron chi connectivity index (χ3n) is 3.36. The minimum Gasteiger partial charge on any atom is -0.271 e.